The minimum atomic E-state index is -3.89. The smallest absolute Gasteiger partial charge is 0.243 e. The van der Waals surface area contributed by atoms with E-state index in [4.69, 9.17) is 0 Å². The highest BCUT2D eigenvalue weighted by Gasteiger charge is 2.28. The van der Waals surface area contributed by atoms with Crippen LogP contribution in [-0.2, 0) is 10.0 Å². The van der Waals surface area contributed by atoms with Crippen LogP contribution in [0.3, 0.4) is 0 Å². The fraction of sp³-hybridized carbons (Fsp3) is 0.263. The molecule has 1 aliphatic rings. The molecular formula is C19H20F2N2O2S. The van der Waals surface area contributed by atoms with Gasteiger partial charge in [0.15, 0.2) is 0 Å². The minimum absolute atomic E-state index is 0.291. The summed E-state index contributed by atoms with van der Waals surface area (Å²) in [7, 11) is -3.89. The lowest BCUT2D eigenvalue weighted by molar-refractivity contribution is 0.204. The van der Waals surface area contributed by atoms with Crippen molar-refractivity contribution in [1.29, 1.82) is 0 Å². The molecule has 26 heavy (non-hydrogen) atoms. The number of rotatable bonds is 5. The van der Waals surface area contributed by atoms with E-state index in [9.17, 15) is 17.2 Å². The van der Waals surface area contributed by atoms with Crippen molar-refractivity contribution < 1.29 is 17.2 Å². The number of halogens is 2. The fourth-order valence-corrected chi connectivity index (χ4v) is 4.35. The van der Waals surface area contributed by atoms with Crippen LogP contribution in [-0.4, -0.2) is 50.3 Å². The largest absolute Gasteiger partial charge is 0.297 e. The van der Waals surface area contributed by atoms with E-state index in [2.05, 4.69) is 4.90 Å². The van der Waals surface area contributed by atoms with Crippen LogP contribution in [0.25, 0.3) is 6.08 Å². The lowest BCUT2D eigenvalue weighted by Gasteiger charge is -2.33. The third kappa shape index (κ3) is 4.55. The van der Waals surface area contributed by atoms with Gasteiger partial charge in [-0.25, -0.2) is 17.2 Å². The molecule has 0 amide bonds. The Bertz CT molecular complexity index is 857. The van der Waals surface area contributed by atoms with Gasteiger partial charge in [-0.3, -0.25) is 4.90 Å². The second-order valence-electron chi connectivity index (χ2n) is 6.12. The summed E-state index contributed by atoms with van der Waals surface area (Å²) in [5, 5.41) is 0. The SMILES string of the molecule is O=S(=O)(c1cc(F)cc(F)c1)N1CCN(C/C=C/c2ccccc2)CC1. The average molecular weight is 378 g/mol. The zero-order valence-corrected chi connectivity index (χ0v) is 15.0. The second-order valence-corrected chi connectivity index (χ2v) is 8.06. The molecule has 1 aliphatic heterocycles. The lowest BCUT2D eigenvalue weighted by Crippen LogP contribution is -2.48. The van der Waals surface area contributed by atoms with Gasteiger partial charge >= 0.3 is 0 Å². The Balaban J connectivity index is 1.58. The highest BCUT2D eigenvalue weighted by Crippen LogP contribution is 2.20. The van der Waals surface area contributed by atoms with Crippen molar-refractivity contribution in [2.24, 2.45) is 0 Å². The van der Waals surface area contributed by atoms with E-state index in [0.717, 1.165) is 24.2 Å². The summed E-state index contributed by atoms with van der Waals surface area (Å²) in [5.74, 6) is -1.79. The summed E-state index contributed by atoms with van der Waals surface area (Å²) >= 11 is 0. The monoisotopic (exact) mass is 378 g/mol. The maximum Gasteiger partial charge on any atom is 0.243 e. The van der Waals surface area contributed by atoms with Crippen LogP contribution < -0.4 is 0 Å². The molecule has 2 aromatic rings. The van der Waals surface area contributed by atoms with E-state index < -0.39 is 21.7 Å². The van der Waals surface area contributed by atoms with Crippen molar-refractivity contribution in [3.8, 4) is 0 Å². The zero-order valence-electron chi connectivity index (χ0n) is 14.2. The van der Waals surface area contributed by atoms with Crippen molar-refractivity contribution in [2.45, 2.75) is 4.90 Å². The fourth-order valence-electron chi connectivity index (χ4n) is 2.88. The Labute approximate surface area is 152 Å². The molecule has 2 aromatic carbocycles. The van der Waals surface area contributed by atoms with Crippen molar-refractivity contribution in [2.75, 3.05) is 32.7 Å². The Kier molecular flexibility index (Phi) is 5.80. The molecule has 0 unspecified atom stereocenters. The van der Waals surface area contributed by atoms with Crippen LogP contribution in [0.1, 0.15) is 5.56 Å². The molecule has 0 atom stereocenters. The van der Waals surface area contributed by atoms with Crippen molar-refractivity contribution in [3.05, 3.63) is 71.8 Å². The molecule has 0 radical (unpaired) electrons. The maximum atomic E-state index is 13.3. The summed E-state index contributed by atoms with van der Waals surface area (Å²) in [4.78, 5) is 1.80. The van der Waals surface area contributed by atoms with Crippen molar-refractivity contribution >= 4 is 16.1 Å². The molecule has 7 heteroatoms. The van der Waals surface area contributed by atoms with Crippen LogP contribution in [0, 0.1) is 11.6 Å². The molecule has 138 valence electrons. The topological polar surface area (TPSA) is 40.6 Å². The van der Waals surface area contributed by atoms with E-state index in [1.807, 2.05) is 42.5 Å². The first-order valence-corrected chi connectivity index (χ1v) is 9.79. The minimum Gasteiger partial charge on any atom is -0.297 e. The van der Waals surface area contributed by atoms with Gasteiger partial charge in [-0.15, -0.1) is 0 Å². The summed E-state index contributed by atoms with van der Waals surface area (Å²) in [6.07, 6.45) is 4.07. The standard InChI is InChI=1S/C19H20F2N2O2S/c20-17-13-18(21)15-19(14-17)26(24,25)23-11-9-22(10-12-23)8-4-7-16-5-2-1-3-6-16/h1-7,13-15H,8-12H2/b7-4+. The Hall–Kier alpha value is -2.09. The highest BCUT2D eigenvalue weighted by molar-refractivity contribution is 7.89. The molecule has 4 nitrogen and oxygen atoms in total. The van der Waals surface area contributed by atoms with E-state index in [0.29, 0.717) is 32.2 Å². The van der Waals surface area contributed by atoms with Crippen LogP contribution in [0.15, 0.2) is 59.5 Å². The highest BCUT2D eigenvalue weighted by atomic mass is 32.2. The summed E-state index contributed by atoms with van der Waals surface area (Å²) in [5.41, 5.74) is 1.11. The normalized spacial score (nSPS) is 17.0. The van der Waals surface area contributed by atoms with Gasteiger partial charge < -0.3 is 0 Å². The number of nitrogens with zero attached hydrogens (tertiary/aromatic N) is 2. The van der Waals surface area contributed by atoms with Gasteiger partial charge in [0, 0.05) is 38.8 Å². The van der Waals surface area contributed by atoms with E-state index in [1.165, 1.54) is 4.31 Å². The molecule has 0 spiro atoms. The maximum absolute atomic E-state index is 13.3. The molecule has 0 N–H and O–H groups in total. The van der Waals surface area contributed by atoms with Gasteiger partial charge in [0.25, 0.3) is 0 Å². The third-order valence-electron chi connectivity index (χ3n) is 4.28. The lowest BCUT2D eigenvalue weighted by atomic mass is 10.2. The molecule has 0 bridgehead atoms. The predicted molar refractivity (Wildman–Crippen MR) is 97.0 cm³/mol. The number of benzene rings is 2. The van der Waals surface area contributed by atoms with Gasteiger partial charge in [0.1, 0.15) is 11.6 Å². The first kappa shape index (κ1) is 18.7. The van der Waals surface area contributed by atoms with E-state index >= 15 is 0 Å². The Morgan fingerprint density at radius 1 is 0.923 bits per heavy atom. The number of piperazine rings is 1. The molecular weight excluding hydrogens is 358 g/mol. The molecule has 0 aromatic heterocycles. The van der Waals surface area contributed by atoms with Gasteiger partial charge in [-0.2, -0.15) is 4.31 Å². The molecule has 0 aliphatic carbocycles. The van der Waals surface area contributed by atoms with Gasteiger partial charge in [-0.1, -0.05) is 42.5 Å². The first-order chi connectivity index (χ1) is 12.4. The third-order valence-corrected chi connectivity index (χ3v) is 6.15. The molecule has 1 saturated heterocycles. The van der Waals surface area contributed by atoms with E-state index in [-0.39, 0.29) is 4.90 Å². The molecule has 3 rings (SSSR count). The Morgan fingerprint density at radius 2 is 1.54 bits per heavy atom. The number of sulfonamides is 1. The van der Waals surface area contributed by atoms with Crippen LogP contribution >= 0.6 is 0 Å². The summed E-state index contributed by atoms with van der Waals surface area (Å²) in [6, 6.07) is 12.3. The molecule has 1 fully saturated rings. The van der Waals surface area contributed by atoms with Gasteiger partial charge in [-0.05, 0) is 17.7 Å². The quantitative estimate of drug-likeness (QED) is 0.803. The van der Waals surface area contributed by atoms with Crippen LogP contribution in [0.2, 0.25) is 0 Å². The van der Waals surface area contributed by atoms with Crippen molar-refractivity contribution in [1.82, 2.24) is 9.21 Å². The van der Waals surface area contributed by atoms with Gasteiger partial charge in [0.05, 0.1) is 4.90 Å². The van der Waals surface area contributed by atoms with Crippen molar-refractivity contribution in [3.63, 3.8) is 0 Å². The van der Waals surface area contributed by atoms with E-state index in [1.54, 1.807) is 0 Å². The summed E-state index contributed by atoms with van der Waals surface area (Å²) < 4.78 is 53.0. The average Bonchev–Trinajstić information content (AvgIpc) is 2.62. The second kappa shape index (κ2) is 8.07. The Morgan fingerprint density at radius 3 is 2.15 bits per heavy atom. The number of hydrogen-bond donors (Lipinski definition) is 0. The van der Waals surface area contributed by atoms with Gasteiger partial charge in [0.2, 0.25) is 10.0 Å². The van der Waals surface area contributed by atoms with Crippen LogP contribution in [0.4, 0.5) is 8.78 Å². The van der Waals surface area contributed by atoms with Crippen LogP contribution in [0.5, 0.6) is 0 Å². The zero-order chi connectivity index (χ0) is 18.6. The molecule has 0 saturated carbocycles. The number of hydrogen-bond acceptors (Lipinski definition) is 3. The summed E-state index contributed by atoms with van der Waals surface area (Å²) in [6.45, 7) is 2.43. The predicted octanol–water partition coefficient (Wildman–Crippen LogP) is 2.98. The molecule has 1 heterocycles. The first-order valence-electron chi connectivity index (χ1n) is 8.35.